The van der Waals surface area contributed by atoms with Crippen LogP contribution in [-0.2, 0) is 13.0 Å². The number of rotatable bonds is 4. The van der Waals surface area contributed by atoms with E-state index in [1.54, 1.807) is 0 Å². The van der Waals surface area contributed by atoms with Gasteiger partial charge < -0.3 is 9.72 Å². The number of nitrogens with one attached hydrogen (secondary N) is 1. The van der Waals surface area contributed by atoms with E-state index in [9.17, 15) is 0 Å². The summed E-state index contributed by atoms with van der Waals surface area (Å²) < 4.78 is 6.12. The van der Waals surface area contributed by atoms with Crippen molar-refractivity contribution in [2.24, 2.45) is 5.92 Å². The van der Waals surface area contributed by atoms with Gasteiger partial charge in [0.1, 0.15) is 12.4 Å². The van der Waals surface area contributed by atoms with Crippen LogP contribution in [0.5, 0.6) is 5.75 Å². The molecule has 1 aromatic heterocycles. The van der Waals surface area contributed by atoms with Gasteiger partial charge in [0.2, 0.25) is 0 Å². The highest BCUT2D eigenvalue weighted by molar-refractivity contribution is 5.86. The molecule has 4 bridgehead atoms. The van der Waals surface area contributed by atoms with Gasteiger partial charge in [-0.15, -0.1) is 0 Å². The van der Waals surface area contributed by atoms with Gasteiger partial charge in [-0.3, -0.25) is 4.90 Å². The lowest BCUT2D eigenvalue weighted by Gasteiger charge is -2.47. The molecule has 4 aliphatic rings. The van der Waals surface area contributed by atoms with Crippen molar-refractivity contribution in [2.45, 2.75) is 31.4 Å². The predicted octanol–water partition coefficient (Wildman–Crippen LogP) is 5.20. The van der Waals surface area contributed by atoms with Crippen LogP contribution in [0.25, 0.3) is 10.9 Å². The molecule has 1 fully saturated rings. The van der Waals surface area contributed by atoms with Gasteiger partial charge in [-0.2, -0.15) is 0 Å². The van der Waals surface area contributed by atoms with Gasteiger partial charge in [-0.05, 0) is 53.7 Å². The molecule has 1 saturated heterocycles. The maximum absolute atomic E-state index is 6.12. The smallest absolute Gasteiger partial charge is 0.120 e. The van der Waals surface area contributed by atoms with Gasteiger partial charge >= 0.3 is 0 Å². The van der Waals surface area contributed by atoms with Gasteiger partial charge in [0.15, 0.2) is 0 Å². The third-order valence-corrected chi connectivity index (χ3v) is 6.98. The SMILES string of the molecule is C=CC1=CC2CC3c4[nH]c5ccc(OCc6ccccc6)cc5c4CCN(C2)C13. The highest BCUT2D eigenvalue weighted by Gasteiger charge is 2.44. The first kappa shape index (κ1) is 17.1. The Kier molecular flexibility index (Phi) is 3.91. The number of fused-ring (bicyclic) bond motifs is 3. The zero-order chi connectivity index (χ0) is 19.4. The second-order valence-electron chi connectivity index (χ2n) is 8.66. The first-order chi connectivity index (χ1) is 14.3. The number of hydrogen-bond donors (Lipinski definition) is 1. The number of piperidine rings is 1. The van der Waals surface area contributed by atoms with Crippen LogP contribution in [0.15, 0.2) is 72.8 Å². The lowest BCUT2D eigenvalue weighted by Crippen LogP contribution is -2.51. The zero-order valence-corrected chi connectivity index (χ0v) is 16.6. The van der Waals surface area contributed by atoms with Crippen LogP contribution in [0, 0.1) is 5.92 Å². The summed E-state index contributed by atoms with van der Waals surface area (Å²) in [6, 6.07) is 17.4. The number of H-pyrrole nitrogens is 1. The van der Waals surface area contributed by atoms with Crippen molar-refractivity contribution in [1.82, 2.24) is 9.88 Å². The number of aromatic amines is 1. The molecule has 0 saturated carbocycles. The van der Waals surface area contributed by atoms with Gasteiger partial charge in [0, 0.05) is 41.6 Å². The summed E-state index contributed by atoms with van der Waals surface area (Å²) in [5, 5.41) is 1.33. The van der Waals surface area contributed by atoms with Crippen molar-refractivity contribution in [3.63, 3.8) is 0 Å². The Morgan fingerprint density at radius 2 is 2.07 bits per heavy atom. The molecule has 4 unspecified atom stereocenters. The van der Waals surface area contributed by atoms with E-state index < -0.39 is 0 Å². The summed E-state index contributed by atoms with van der Waals surface area (Å²) in [6.45, 7) is 7.02. The third-order valence-electron chi connectivity index (χ3n) is 6.98. The maximum atomic E-state index is 6.12. The molecule has 3 aliphatic heterocycles. The Hall–Kier alpha value is -2.78. The summed E-state index contributed by atoms with van der Waals surface area (Å²) in [6.07, 6.45) is 6.89. The van der Waals surface area contributed by atoms with Crippen LogP contribution in [0.1, 0.15) is 29.2 Å². The number of benzene rings is 2. The zero-order valence-electron chi connectivity index (χ0n) is 16.6. The first-order valence-corrected chi connectivity index (χ1v) is 10.7. The van der Waals surface area contributed by atoms with Crippen LogP contribution in [0.3, 0.4) is 0 Å². The van der Waals surface area contributed by atoms with Crippen molar-refractivity contribution >= 4 is 10.9 Å². The van der Waals surface area contributed by atoms with Crippen molar-refractivity contribution < 1.29 is 4.74 Å². The van der Waals surface area contributed by atoms with E-state index in [-0.39, 0.29) is 0 Å². The Morgan fingerprint density at radius 3 is 2.93 bits per heavy atom. The summed E-state index contributed by atoms with van der Waals surface area (Å²) in [5.74, 6) is 2.15. The fourth-order valence-corrected chi connectivity index (χ4v) is 5.75. The molecule has 146 valence electrons. The Balaban J connectivity index is 1.36. The molecule has 29 heavy (non-hydrogen) atoms. The Morgan fingerprint density at radius 1 is 1.17 bits per heavy atom. The fraction of sp³-hybridized carbons (Fsp3) is 0.308. The van der Waals surface area contributed by atoms with E-state index in [1.807, 2.05) is 6.07 Å². The number of ether oxygens (including phenoxy) is 1. The maximum Gasteiger partial charge on any atom is 0.120 e. The van der Waals surface area contributed by atoms with Crippen LogP contribution < -0.4 is 4.74 Å². The van der Waals surface area contributed by atoms with Crippen LogP contribution >= 0.6 is 0 Å². The quantitative estimate of drug-likeness (QED) is 0.671. The molecule has 1 N–H and O–H groups in total. The molecule has 0 amide bonds. The van der Waals surface area contributed by atoms with Gasteiger partial charge in [-0.1, -0.05) is 49.1 Å². The lowest BCUT2D eigenvalue weighted by molar-refractivity contribution is 0.116. The lowest BCUT2D eigenvalue weighted by atomic mass is 9.72. The molecular formula is C26H26N2O. The number of aromatic nitrogens is 1. The number of nitrogens with zero attached hydrogens (tertiary/aromatic N) is 1. The predicted molar refractivity (Wildman–Crippen MR) is 117 cm³/mol. The molecule has 4 atom stereocenters. The van der Waals surface area contributed by atoms with E-state index in [2.05, 4.69) is 71.1 Å². The molecule has 2 aromatic carbocycles. The first-order valence-electron chi connectivity index (χ1n) is 10.7. The molecule has 3 aromatic rings. The van der Waals surface area contributed by atoms with Crippen molar-refractivity contribution in [2.75, 3.05) is 13.1 Å². The van der Waals surface area contributed by atoms with Crippen molar-refractivity contribution in [1.29, 1.82) is 0 Å². The van der Waals surface area contributed by atoms with E-state index in [0.29, 0.717) is 24.5 Å². The second kappa shape index (κ2) is 6.64. The van der Waals surface area contributed by atoms with Crippen molar-refractivity contribution in [3.8, 4) is 5.75 Å². The summed E-state index contributed by atoms with van der Waals surface area (Å²) in [7, 11) is 0. The minimum Gasteiger partial charge on any atom is -0.489 e. The average molecular weight is 383 g/mol. The average Bonchev–Trinajstić information content (AvgIpc) is 3.09. The highest BCUT2D eigenvalue weighted by atomic mass is 16.5. The summed E-state index contributed by atoms with van der Waals surface area (Å²) in [5.41, 5.74) is 6.80. The van der Waals surface area contributed by atoms with Crippen molar-refractivity contribution in [3.05, 3.63) is 89.7 Å². The minimum atomic E-state index is 0.487. The van der Waals surface area contributed by atoms with E-state index in [1.165, 1.54) is 46.3 Å². The topological polar surface area (TPSA) is 28.3 Å². The molecule has 1 aliphatic carbocycles. The van der Waals surface area contributed by atoms with E-state index in [0.717, 1.165) is 18.7 Å². The Bertz CT molecular complexity index is 1110. The molecule has 4 heterocycles. The molecule has 3 heteroatoms. The van der Waals surface area contributed by atoms with Gasteiger partial charge in [0.05, 0.1) is 0 Å². The van der Waals surface area contributed by atoms with E-state index in [4.69, 9.17) is 4.74 Å². The van der Waals surface area contributed by atoms with Gasteiger partial charge in [0.25, 0.3) is 0 Å². The molecular weight excluding hydrogens is 356 g/mol. The third kappa shape index (κ3) is 2.76. The normalized spacial score (nSPS) is 27.2. The van der Waals surface area contributed by atoms with Crippen LogP contribution in [-0.4, -0.2) is 29.0 Å². The Labute approximate surface area is 171 Å². The monoisotopic (exact) mass is 382 g/mol. The summed E-state index contributed by atoms with van der Waals surface area (Å²) >= 11 is 0. The number of hydrogen-bond acceptors (Lipinski definition) is 2. The van der Waals surface area contributed by atoms with Gasteiger partial charge in [-0.25, -0.2) is 0 Å². The largest absolute Gasteiger partial charge is 0.489 e. The molecule has 0 spiro atoms. The summed E-state index contributed by atoms with van der Waals surface area (Å²) in [4.78, 5) is 6.48. The second-order valence-corrected chi connectivity index (χ2v) is 8.66. The molecule has 3 nitrogen and oxygen atoms in total. The van der Waals surface area contributed by atoms with E-state index >= 15 is 0 Å². The molecule has 7 rings (SSSR count). The molecule has 0 radical (unpaired) electrons. The van der Waals surface area contributed by atoms with Crippen LogP contribution in [0.2, 0.25) is 0 Å². The highest BCUT2D eigenvalue weighted by Crippen LogP contribution is 2.48. The minimum absolute atomic E-state index is 0.487. The fourth-order valence-electron chi connectivity index (χ4n) is 5.75. The van der Waals surface area contributed by atoms with Crippen LogP contribution in [0.4, 0.5) is 0 Å². The standard InChI is InChI=1S/C26H26N2O/c1-2-19-12-18-13-23-25-21(10-11-28(15-18)26(19)23)22-14-20(8-9-24(22)27-25)29-16-17-6-4-3-5-7-17/h2-9,12,14,18,23,26-27H,1,10-11,13,15-16H2.